The molecule has 0 amide bonds. The van der Waals surface area contributed by atoms with Gasteiger partial charge in [-0.1, -0.05) is 26.2 Å². The van der Waals surface area contributed by atoms with Gasteiger partial charge in [-0.3, -0.25) is 4.79 Å². The SMILES string of the molecule is CCCCCCC=C(O)[C@@H]1C2CC(=O)CC2C[C@H]1O. The fourth-order valence-corrected chi connectivity index (χ4v) is 3.75. The lowest BCUT2D eigenvalue weighted by Gasteiger charge is -2.19. The smallest absolute Gasteiger partial charge is 0.133 e. The molecule has 2 N–H and O–H groups in total. The molecule has 19 heavy (non-hydrogen) atoms. The van der Waals surface area contributed by atoms with E-state index in [0.29, 0.717) is 36.7 Å². The maximum atomic E-state index is 11.5. The van der Waals surface area contributed by atoms with Crippen LogP contribution in [0, 0.1) is 17.8 Å². The molecule has 2 unspecified atom stereocenters. The first-order valence-corrected chi connectivity index (χ1v) is 7.72. The number of aliphatic hydroxyl groups excluding tert-OH is 2. The van der Waals surface area contributed by atoms with Gasteiger partial charge in [0.15, 0.2) is 0 Å². The molecular formula is C16H26O3. The standard InChI is InChI=1S/C16H26O3/c1-2-3-4-5-6-7-14(18)16-13-10-12(17)8-11(13)9-15(16)19/h7,11,13,15-16,18-19H,2-6,8-10H2,1H3/t11?,13?,15-,16+/m1/s1. The molecule has 0 heterocycles. The van der Waals surface area contributed by atoms with Crippen molar-refractivity contribution in [3.05, 3.63) is 11.8 Å². The van der Waals surface area contributed by atoms with Crippen LogP contribution >= 0.6 is 0 Å². The number of aliphatic hydroxyl groups is 2. The Morgan fingerprint density at radius 2 is 2.11 bits per heavy atom. The summed E-state index contributed by atoms with van der Waals surface area (Å²) < 4.78 is 0. The summed E-state index contributed by atoms with van der Waals surface area (Å²) in [5.74, 6) is 0.897. The van der Waals surface area contributed by atoms with Gasteiger partial charge in [0.2, 0.25) is 0 Å². The molecule has 0 bridgehead atoms. The van der Waals surface area contributed by atoms with Crippen LogP contribution in [0.4, 0.5) is 0 Å². The Bertz CT molecular complexity index is 348. The summed E-state index contributed by atoms with van der Waals surface area (Å²) >= 11 is 0. The third-order valence-corrected chi connectivity index (χ3v) is 4.73. The van der Waals surface area contributed by atoms with Crippen LogP contribution in [0.3, 0.4) is 0 Å². The fraction of sp³-hybridized carbons (Fsp3) is 0.812. The zero-order valence-corrected chi connectivity index (χ0v) is 11.8. The van der Waals surface area contributed by atoms with E-state index >= 15 is 0 Å². The molecular weight excluding hydrogens is 240 g/mol. The average molecular weight is 266 g/mol. The molecule has 0 saturated heterocycles. The van der Waals surface area contributed by atoms with Crippen LogP contribution in [0.2, 0.25) is 0 Å². The van der Waals surface area contributed by atoms with E-state index in [1.165, 1.54) is 19.3 Å². The number of Topliss-reactive ketones (excluding diaryl/α,β-unsaturated/α-hetero) is 1. The van der Waals surface area contributed by atoms with Crippen LogP contribution in [0.1, 0.15) is 58.3 Å². The van der Waals surface area contributed by atoms with Crippen LogP contribution in [-0.2, 0) is 4.79 Å². The summed E-state index contributed by atoms with van der Waals surface area (Å²) in [6, 6.07) is 0. The van der Waals surface area contributed by atoms with Crippen molar-refractivity contribution in [1.29, 1.82) is 0 Å². The van der Waals surface area contributed by atoms with Crippen LogP contribution in [0.25, 0.3) is 0 Å². The number of rotatable bonds is 6. The predicted octanol–water partition coefficient (Wildman–Crippen LogP) is 3.37. The molecule has 2 saturated carbocycles. The first-order valence-electron chi connectivity index (χ1n) is 7.72. The minimum Gasteiger partial charge on any atom is -0.512 e. The van der Waals surface area contributed by atoms with Gasteiger partial charge in [-0.05, 0) is 37.2 Å². The molecule has 0 aromatic rings. The molecule has 2 aliphatic carbocycles. The van der Waals surface area contributed by atoms with E-state index in [9.17, 15) is 15.0 Å². The average Bonchev–Trinajstić information content (AvgIpc) is 2.83. The number of fused-ring (bicyclic) bond motifs is 1. The van der Waals surface area contributed by atoms with Crippen molar-refractivity contribution in [2.45, 2.75) is 64.4 Å². The maximum absolute atomic E-state index is 11.5. The zero-order chi connectivity index (χ0) is 13.8. The third kappa shape index (κ3) is 3.38. The summed E-state index contributed by atoms with van der Waals surface area (Å²) in [7, 11) is 0. The Balaban J connectivity index is 1.88. The Hall–Kier alpha value is -0.830. The fourth-order valence-electron chi connectivity index (χ4n) is 3.75. The molecule has 0 aliphatic heterocycles. The van der Waals surface area contributed by atoms with Gasteiger partial charge in [0.1, 0.15) is 5.78 Å². The number of hydrogen-bond donors (Lipinski definition) is 2. The quantitative estimate of drug-likeness (QED) is 0.572. The molecule has 0 aromatic heterocycles. The molecule has 2 aliphatic rings. The van der Waals surface area contributed by atoms with E-state index in [0.717, 1.165) is 12.8 Å². The summed E-state index contributed by atoms with van der Waals surface area (Å²) in [5, 5.41) is 20.3. The number of ketones is 1. The highest BCUT2D eigenvalue weighted by Gasteiger charge is 2.49. The van der Waals surface area contributed by atoms with Crippen molar-refractivity contribution in [2.24, 2.45) is 17.8 Å². The molecule has 0 spiro atoms. The monoisotopic (exact) mass is 266 g/mol. The molecule has 0 radical (unpaired) electrons. The molecule has 3 nitrogen and oxygen atoms in total. The first-order chi connectivity index (χ1) is 9.13. The second kappa shape index (κ2) is 6.56. The lowest BCUT2D eigenvalue weighted by Crippen LogP contribution is -2.22. The second-order valence-electron chi connectivity index (χ2n) is 6.18. The van der Waals surface area contributed by atoms with Gasteiger partial charge in [-0.2, -0.15) is 0 Å². The highest BCUT2D eigenvalue weighted by Crippen LogP contribution is 2.48. The van der Waals surface area contributed by atoms with Gasteiger partial charge in [0.25, 0.3) is 0 Å². The van der Waals surface area contributed by atoms with Crippen LogP contribution < -0.4 is 0 Å². The summed E-state index contributed by atoms with van der Waals surface area (Å²) in [6.45, 7) is 2.18. The predicted molar refractivity (Wildman–Crippen MR) is 74.8 cm³/mol. The van der Waals surface area contributed by atoms with Crippen LogP contribution in [0.15, 0.2) is 11.8 Å². The van der Waals surface area contributed by atoms with Crippen molar-refractivity contribution < 1.29 is 15.0 Å². The van der Waals surface area contributed by atoms with Crippen LogP contribution in [-0.4, -0.2) is 22.1 Å². The topological polar surface area (TPSA) is 57.5 Å². The van der Waals surface area contributed by atoms with Crippen molar-refractivity contribution in [3.8, 4) is 0 Å². The highest BCUT2D eigenvalue weighted by molar-refractivity contribution is 5.81. The number of hydrogen-bond acceptors (Lipinski definition) is 3. The normalized spacial score (nSPS) is 34.8. The molecule has 108 valence electrons. The van der Waals surface area contributed by atoms with Gasteiger partial charge in [-0.25, -0.2) is 0 Å². The third-order valence-electron chi connectivity index (χ3n) is 4.73. The Kier molecular flexibility index (Phi) is 5.03. The molecule has 4 atom stereocenters. The highest BCUT2D eigenvalue weighted by atomic mass is 16.3. The van der Waals surface area contributed by atoms with Crippen molar-refractivity contribution in [2.75, 3.05) is 0 Å². The Morgan fingerprint density at radius 1 is 1.32 bits per heavy atom. The van der Waals surface area contributed by atoms with E-state index < -0.39 is 6.10 Å². The number of allylic oxidation sites excluding steroid dienone is 1. The summed E-state index contributed by atoms with van der Waals surface area (Å²) in [4.78, 5) is 11.5. The van der Waals surface area contributed by atoms with Crippen molar-refractivity contribution in [3.63, 3.8) is 0 Å². The zero-order valence-electron chi connectivity index (χ0n) is 11.8. The van der Waals surface area contributed by atoms with E-state index in [2.05, 4.69) is 6.92 Å². The van der Waals surface area contributed by atoms with Gasteiger partial charge >= 0.3 is 0 Å². The largest absolute Gasteiger partial charge is 0.512 e. The van der Waals surface area contributed by atoms with Gasteiger partial charge in [0, 0.05) is 18.8 Å². The number of carbonyl (C=O) groups is 1. The van der Waals surface area contributed by atoms with E-state index in [-0.39, 0.29) is 11.8 Å². The minimum absolute atomic E-state index is 0.175. The summed E-state index contributed by atoms with van der Waals surface area (Å²) in [5.41, 5.74) is 0. The second-order valence-corrected chi connectivity index (χ2v) is 6.18. The minimum atomic E-state index is -0.463. The molecule has 2 fully saturated rings. The van der Waals surface area contributed by atoms with E-state index in [1.807, 2.05) is 6.08 Å². The maximum Gasteiger partial charge on any atom is 0.133 e. The molecule has 0 aromatic carbocycles. The summed E-state index contributed by atoms with van der Waals surface area (Å²) in [6.07, 6.45) is 8.83. The molecule has 2 rings (SSSR count). The van der Waals surface area contributed by atoms with Crippen molar-refractivity contribution >= 4 is 5.78 Å². The van der Waals surface area contributed by atoms with Crippen LogP contribution in [0.5, 0.6) is 0 Å². The Labute approximate surface area is 115 Å². The van der Waals surface area contributed by atoms with E-state index in [1.54, 1.807) is 0 Å². The first kappa shape index (κ1) is 14.6. The number of unbranched alkanes of at least 4 members (excludes halogenated alkanes) is 4. The molecule has 3 heteroatoms. The lowest BCUT2D eigenvalue weighted by atomic mass is 9.89. The van der Waals surface area contributed by atoms with Gasteiger partial charge in [0.05, 0.1) is 11.9 Å². The van der Waals surface area contributed by atoms with Gasteiger partial charge in [-0.15, -0.1) is 0 Å². The lowest BCUT2D eigenvalue weighted by molar-refractivity contribution is -0.118. The van der Waals surface area contributed by atoms with Crippen molar-refractivity contribution in [1.82, 2.24) is 0 Å². The number of carbonyl (C=O) groups excluding carboxylic acids is 1. The Morgan fingerprint density at radius 3 is 2.84 bits per heavy atom. The van der Waals surface area contributed by atoms with E-state index in [4.69, 9.17) is 0 Å². The van der Waals surface area contributed by atoms with Gasteiger partial charge < -0.3 is 10.2 Å².